The zero-order valence-corrected chi connectivity index (χ0v) is 22.6. The SMILES string of the molecule is CCOC(=O)Oc1ccc(C(=O)NCc2cccc(NC(=O)c3ccc4c(c3)C(=O)N(CCCOC)C4=O)c2)cc1. The first-order valence-corrected chi connectivity index (χ1v) is 12.9. The summed E-state index contributed by atoms with van der Waals surface area (Å²) in [5, 5.41) is 5.59. The minimum atomic E-state index is -0.822. The standard InChI is InChI=1S/C30H29N3O8/c1-3-40-30(38)41-23-11-8-20(9-12-23)26(34)31-18-19-6-4-7-22(16-19)32-27(35)21-10-13-24-25(17-21)29(37)33(28(24)36)14-5-15-39-2/h4,6-13,16-17H,3,5,14-15,18H2,1-2H3,(H,31,34)(H,32,35). The Morgan fingerprint density at radius 3 is 2.32 bits per heavy atom. The molecule has 0 spiro atoms. The number of benzene rings is 3. The first-order valence-electron chi connectivity index (χ1n) is 12.9. The van der Waals surface area contributed by atoms with E-state index >= 15 is 0 Å². The summed E-state index contributed by atoms with van der Waals surface area (Å²) in [6.45, 7) is 2.71. The van der Waals surface area contributed by atoms with Crippen LogP contribution in [0.2, 0.25) is 0 Å². The van der Waals surface area contributed by atoms with Crippen LogP contribution >= 0.6 is 0 Å². The highest BCUT2D eigenvalue weighted by Gasteiger charge is 2.35. The van der Waals surface area contributed by atoms with Crippen molar-refractivity contribution in [1.82, 2.24) is 10.2 Å². The Kier molecular flexibility index (Phi) is 9.43. The summed E-state index contributed by atoms with van der Waals surface area (Å²) in [7, 11) is 1.55. The molecule has 0 saturated carbocycles. The number of imide groups is 1. The number of carbonyl (C=O) groups is 5. The monoisotopic (exact) mass is 559 g/mol. The molecule has 4 amide bonds. The average Bonchev–Trinajstić information content (AvgIpc) is 3.21. The molecule has 1 aliphatic rings. The van der Waals surface area contributed by atoms with E-state index in [0.717, 1.165) is 10.5 Å². The molecule has 0 atom stereocenters. The predicted molar refractivity (Wildman–Crippen MR) is 148 cm³/mol. The number of anilines is 1. The molecule has 1 aliphatic heterocycles. The molecule has 3 aromatic rings. The van der Waals surface area contributed by atoms with Crippen molar-refractivity contribution in [2.24, 2.45) is 0 Å². The molecular weight excluding hydrogens is 530 g/mol. The van der Waals surface area contributed by atoms with Gasteiger partial charge in [0.15, 0.2) is 0 Å². The van der Waals surface area contributed by atoms with Gasteiger partial charge in [-0.15, -0.1) is 0 Å². The van der Waals surface area contributed by atoms with E-state index in [0.29, 0.717) is 24.3 Å². The Morgan fingerprint density at radius 2 is 1.59 bits per heavy atom. The van der Waals surface area contributed by atoms with E-state index in [-0.39, 0.29) is 54.0 Å². The van der Waals surface area contributed by atoms with Crippen LogP contribution in [0, 0.1) is 0 Å². The van der Waals surface area contributed by atoms with Crippen molar-refractivity contribution >= 4 is 35.5 Å². The summed E-state index contributed by atoms with van der Waals surface area (Å²) in [5.74, 6) is -1.35. The highest BCUT2D eigenvalue weighted by Crippen LogP contribution is 2.25. The van der Waals surface area contributed by atoms with Gasteiger partial charge in [-0.25, -0.2) is 4.79 Å². The number of hydrogen-bond acceptors (Lipinski definition) is 8. The third kappa shape index (κ3) is 7.14. The van der Waals surface area contributed by atoms with Gasteiger partial charge in [0.2, 0.25) is 0 Å². The van der Waals surface area contributed by atoms with Gasteiger partial charge in [-0.3, -0.25) is 24.1 Å². The highest BCUT2D eigenvalue weighted by atomic mass is 16.7. The molecule has 212 valence electrons. The molecule has 0 bridgehead atoms. The molecule has 0 aliphatic carbocycles. The number of rotatable bonds is 11. The third-order valence-electron chi connectivity index (χ3n) is 6.18. The van der Waals surface area contributed by atoms with Crippen molar-refractivity contribution < 1.29 is 38.2 Å². The van der Waals surface area contributed by atoms with Crippen LogP contribution in [0.3, 0.4) is 0 Å². The zero-order chi connectivity index (χ0) is 29.4. The number of nitrogens with zero attached hydrogens (tertiary/aromatic N) is 1. The minimum Gasteiger partial charge on any atom is -0.434 e. The highest BCUT2D eigenvalue weighted by molar-refractivity contribution is 6.22. The Hall–Kier alpha value is -5.03. The van der Waals surface area contributed by atoms with Gasteiger partial charge < -0.3 is 24.8 Å². The van der Waals surface area contributed by atoms with Crippen molar-refractivity contribution in [2.75, 3.05) is 32.2 Å². The Morgan fingerprint density at radius 1 is 0.854 bits per heavy atom. The van der Waals surface area contributed by atoms with Crippen molar-refractivity contribution in [3.05, 3.63) is 94.5 Å². The summed E-state index contributed by atoms with van der Waals surface area (Å²) in [4.78, 5) is 63.4. The molecule has 0 radical (unpaired) electrons. The molecule has 11 nitrogen and oxygen atoms in total. The van der Waals surface area contributed by atoms with Crippen molar-refractivity contribution in [3.63, 3.8) is 0 Å². The maximum absolute atomic E-state index is 12.9. The lowest BCUT2D eigenvalue weighted by Gasteiger charge is -2.12. The van der Waals surface area contributed by atoms with E-state index in [4.69, 9.17) is 14.2 Å². The van der Waals surface area contributed by atoms with E-state index < -0.39 is 18.0 Å². The molecule has 1 heterocycles. The van der Waals surface area contributed by atoms with Crippen molar-refractivity contribution in [3.8, 4) is 5.75 Å². The van der Waals surface area contributed by atoms with Gasteiger partial charge >= 0.3 is 6.16 Å². The molecular formula is C30H29N3O8. The number of hydrogen-bond donors (Lipinski definition) is 2. The second-order valence-electron chi connectivity index (χ2n) is 9.02. The number of carbonyl (C=O) groups excluding carboxylic acids is 5. The van der Waals surface area contributed by atoms with E-state index in [1.165, 1.54) is 42.5 Å². The third-order valence-corrected chi connectivity index (χ3v) is 6.18. The fourth-order valence-corrected chi connectivity index (χ4v) is 4.17. The number of fused-ring (bicyclic) bond motifs is 1. The van der Waals surface area contributed by atoms with Crippen LogP contribution in [0.25, 0.3) is 0 Å². The van der Waals surface area contributed by atoms with E-state index in [9.17, 15) is 24.0 Å². The molecule has 0 unspecified atom stereocenters. The number of nitrogens with one attached hydrogen (secondary N) is 2. The average molecular weight is 560 g/mol. The van der Waals surface area contributed by atoms with Crippen LogP contribution in [0.1, 0.15) is 60.3 Å². The first-order chi connectivity index (χ1) is 19.8. The van der Waals surface area contributed by atoms with Gasteiger partial charge in [0.05, 0.1) is 17.7 Å². The maximum atomic E-state index is 12.9. The molecule has 0 saturated heterocycles. The molecule has 0 aromatic heterocycles. The molecule has 0 fully saturated rings. The Balaban J connectivity index is 1.34. The normalized spacial score (nSPS) is 12.1. The Labute approximate surface area is 236 Å². The maximum Gasteiger partial charge on any atom is 0.513 e. The molecule has 11 heteroatoms. The van der Waals surface area contributed by atoms with Crippen LogP contribution in [0.5, 0.6) is 5.75 Å². The first kappa shape index (κ1) is 29.0. The lowest BCUT2D eigenvalue weighted by Crippen LogP contribution is -2.31. The van der Waals surface area contributed by atoms with Crippen LogP contribution < -0.4 is 15.4 Å². The quantitative estimate of drug-likeness (QED) is 0.155. The van der Waals surface area contributed by atoms with Gasteiger partial charge in [0, 0.05) is 43.6 Å². The fraction of sp³-hybridized carbons (Fsp3) is 0.233. The van der Waals surface area contributed by atoms with Crippen LogP contribution in [-0.2, 0) is 16.0 Å². The summed E-state index contributed by atoms with van der Waals surface area (Å²) < 4.78 is 14.7. The van der Waals surface area contributed by atoms with E-state index in [1.54, 1.807) is 38.3 Å². The van der Waals surface area contributed by atoms with Crippen LogP contribution in [0.4, 0.5) is 10.5 Å². The van der Waals surface area contributed by atoms with Crippen LogP contribution in [0.15, 0.2) is 66.7 Å². The summed E-state index contributed by atoms with van der Waals surface area (Å²) in [6.07, 6.45) is -0.304. The second kappa shape index (κ2) is 13.4. The van der Waals surface area contributed by atoms with Gasteiger partial charge in [-0.05, 0) is 73.5 Å². The summed E-state index contributed by atoms with van der Waals surface area (Å²) >= 11 is 0. The smallest absolute Gasteiger partial charge is 0.434 e. The minimum absolute atomic E-state index is 0.191. The van der Waals surface area contributed by atoms with E-state index in [1.807, 2.05) is 0 Å². The number of methoxy groups -OCH3 is 1. The topological polar surface area (TPSA) is 140 Å². The summed E-state index contributed by atoms with van der Waals surface area (Å²) in [5.41, 5.74) is 2.29. The predicted octanol–water partition coefficient (Wildman–Crippen LogP) is 4.04. The molecule has 2 N–H and O–H groups in total. The fourth-order valence-electron chi connectivity index (χ4n) is 4.17. The van der Waals surface area contributed by atoms with Crippen molar-refractivity contribution in [1.29, 1.82) is 0 Å². The molecule has 41 heavy (non-hydrogen) atoms. The lowest BCUT2D eigenvalue weighted by atomic mass is 10.1. The van der Waals surface area contributed by atoms with Gasteiger partial charge in [-0.2, -0.15) is 0 Å². The Bertz CT molecular complexity index is 1470. The molecule has 4 rings (SSSR count). The van der Waals surface area contributed by atoms with Gasteiger partial charge in [-0.1, -0.05) is 12.1 Å². The van der Waals surface area contributed by atoms with Gasteiger partial charge in [0.1, 0.15) is 5.75 Å². The second-order valence-corrected chi connectivity index (χ2v) is 9.02. The van der Waals surface area contributed by atoms with Crippen molar-refractivity contribution in [2.45, 2.75) is 19.9 Å². The largest absolute Gasteiger partial charge is 0.513 e. The van der Waals surface area contributed by atoms with E-state index in [2.05, 4.69) is 10.6 Å². The number of amides is 4. The van der Waals surface area contributed by atoms with Crippen LogP contribution in [-0.4, -0.2) is 61.6 Å². The lowest BCUT2D eigenvalue weighted by molar-refractivity contribution is 0.0637. The molecule has 3 aromatic carbocycles. The number of ether oxygens (including phenoxy) is 3. The summed E-state index contributed by atoms with van der Waals surface area (Å²) in [6, 6.07) is 17.4. The zero-order valence-electron chi connectivity index (χ0n) is 22.6. The van der Waals surface area contributed by atoms with Gasteiger partial charge in [0.25, 0.3) is 23.6 Å².